The van der Waals surface area contributed by atoms with Crippen LogP contribution in [0.4, 0.5) is 4.39 Å². The number of hydrogen-bond acceptors (Lipinski definition) is 2. The molecule has 0 bridgehead atoms. The molecule has 0 amide bonds. The molecule has 0 saturated carbocycles. The minimum Gasteiger partial charge on any atom is -0.320 e. The van der Waals surface area contributed by atoms with Crippen molar-refractivity contribution in [1.82, 2.24) is 4.98 Å². The van der Waals surface area contributed by atoms with Crippen LogP contribution in [0.25, 0.3) is 10.9 Å². The van der Waals surface area contributed by atoms with E-state index in [1.54, 1.807) is 6.07 Å². The van der Waals surface area contributed by atoms with Gasteiger partial charge in [-0.25, -0.2) is 4.39 Å². The molecule has 0 aliphatic rings. The second-order valence-corrected chi connectivity index (χ2v) is 5.46. The molecule has 1 unspecified atom stereocenters. The van der Waals surface area contributed by atoms with E-state index in [-0.39, 0.29) is 5.82 Å². The van der Waals surface area contributed by atoms with Crippen molar-refractivity contribution < 1.29 is 4.39 Å². The summed E-state index contributed by atoms with van der Waals surface area (Å²) >= 11 is 6.08. The molecule has 2 aromatic carbocycles. The largest absolute Gasteiger partial charge is 0.320 e. The molecule has 1 atom stereocenters. The first-order chi connectivity index (χ1) is 10.0. The Morgan fingerprint density at radius 1 is 1.10 bits per heavy atom. The van der Waals surface area contributed by atoms with Gasteiger partial charge < -0.3 is 5.73 Å². The van der Waals surface area contributed by atoms with Crippen molar-refractivity contribution in [1.29, 1.82) is 0 Å². The van der Waals surface area contributed by atoms with Crippen molar-refractivity contribution in [3.05, 3.63) is 76.2 Å². The van der Waals surface area contributed by atoms with Crippen molar-refractivity contribution in [3.63, 3.8) is 0 Å². The Morgan fingerprint density at radius 3 is 2.67 bits per heavy atom. The van der Waals surface area contributed by atoms with Crippen LogP contribution < -0.4 is 5.73 Å². The van der Waals surface area contributed by atoms with Crippen molar-refractivity contribution in [2.24, 2.45) is 5.73 Å². The van der Waals surface area contributed by atoms with Crippen LogP contribution in [0.5, 0.6) is 0 Å². The number of hydrogen-bond donors (Lipinski definition) is 1. The molecule has 0 radical (unpaired) electrons. The molecule has 0 aliphatic heterocycles. The van der Waals surface area contributed by atoms with Crippen LogP contribution in [-0.2, 0) is 0 Å². The number of nitrogens with zero attached hydrogens (tertiary/aromatic N) is 1. The van der Waals surface area contributed by atoms with Gasteiger partial charge in [-0.05, 0) is 48.4 Å². The van der Waals surface area contributed by atoms with Gasteiger partial charge in [0.15, 0.2) is 0 Å². The van der Waals surface area contributed by atoms with E-state index in [0.717, 1.165) is 22.2 Å². The van der Waals surface area contributed by atoms with E-state index in [9.17, 15) is 4.39 Å². The smallest absolute Gasteiger partial charge is 0.124 e. The van der Waals surface area contributed by atoms with Crippen LogP contribution in [0, 0.1) is 12.7 Å². The molecule has 21 heavy (non-hydrogen) atoms. The molecule has 2 nitrogen and oxygen atoms in total. The van der Waals surface area contributed by atoms with Crippen LogP contribution in [0.15, 0.2) is 48.5 Å². The molecule has 0 spiro atoms. The highest BCUT2D eigenvalue weighted by Gasteiger charge is 2.13. The Labute approximate surface area is 127 Å². The van der Waals surface area contributed by atoms with Gasteiger partial charge in [-0.3, -0.25) is 4.98 Å². The monoisotopic (exact) mass is 300 g/mol. The number of fused-ring (bicyclic) bond motifs is 1. The molecule has 0 aliphatic carbocycles. The highest BCUT2D eigenvalue weighted by atomic mass is 35.5. The van der Waals surface area contributed by atoms with Gasteiger partial charge in [0.2, 0.25) is 0 Å². The molecular weight excluding hydrogens is 287 g/mol. The zero-order chi connectivity index (χ0) is 15.0. The van der Waals surface area contributed by atoms with Crippen LogP contribution in [0.2, 0.25) is 5.02 Å². The molecule has 106 valence electrons. The van der Waals surface area contributed by atoms with Crippen LogP contribution >= 0.6 is 11.6 Å². The Morgan fingerprint density at radius 2 is 1.90 bits per heavy atom. The lowest BCUT2D eigenvalue weighted by Crippen LogP contribution is -2.12. The fourth-order valence-electron chi connectivity index (χ4n) is 2.37. The number of benzene rings is 2. The lowest BCUT2D eigenvalue weighted by molar-refractivity contribution is 0.626. The van der Waals surface area contributed by atoms with Gasteiger partial charge in [0.05, 0.1) is 11.6 Å². The van der Waals surface area contributed by atoms with Gasteiger partial charge in [0.25, 0.3) is 0 Å². The highest BCUT2D eigenvalue weighted by molar-refractivity contribution is 6.31. The Bertz CT molecular complexity index is 817. The van der Waals surface area contributed by atoms with Gasteiger partial charge >= 0.3 is 0 Å². The molecule has 3 rings (SSSR count). The van der Waals surface area contributed by atoms with Crippen molar-refractivity contribution in [3.8, 4) is 0 Å². The molecule has 0 saturated heterocycles. The molecular formula is C17H14ClFN2. The summed E-state index contributed by atoms with van der Waals surface area (Å²) in [4.78, 5) is 4.46. The van der Waals surface area contributed by atoms with Gasteiger partial charge in [-0.2, -0.15) is 0 Å². The normalized spacial score (nSPS) is 12.6. The van der Waals surface area contributed by atoms with E-state index in [1.165, 1.54) is 12.1 Å². The maximum Gasteiger partial charge on any atom is 0.124 e. The predicted octanol–water partition coefficient (Wildman–Crippen LogP) is 4.38. The summed E-state index contributed by atoms with van der Waals surface area (Å²) in [7, 11) is 0. The summed E-state index contributed by atoms with van der Waals surface area (Å²) in [5.41, 5.74) is 9.79. The molecule has 4 heteroatoms. The maximum absolute atomic E-state index is 13.1. The molecule has 1 heterocycles. The fourth-order valence-corrected chi connectivity index (χ4v) is 2.66. The second-order valence-electron chi connectivity index (χ2n) is 5.05. The van der Waals surface area contributed by atoms with Crippen LogP contribution in [0.1, 0.15) is 22.9 Å². The SMILES string of the molecule is Cc1ccc2cc(C(N)c3ccc(F)cc3Cl)ccc2n1. The van der Waals surface area contributed by atoms with Gasteiger partial charge in [0, 0.05) is 16.1 Å². The number of rotatable bonds is 2. The third-order valence-electron chi connectivity index (χ3n) is 3.51. The summed E-state index contributed by atoms with van der Waals surface area (Å²) in [6.45, 7) is 1.96. The minimum atomic E-state index is -0.399. The number of aromatic nitrogens is 1. The number of nitrogens with two attached hydrogens (primary N) is 1. The average molecular weight is 301 g/mol. The van der Waals surface area contributed by atoms with Gasteiger partial charge in [-0.15, -0.1) is 0 Å². The van der Waals surface area contributed by atoms with E-state index < -0.39 is 6.04 Å². The summed E-state index contributed by atoms with van der Waals surface area (Å²) in [6, 6.07) is 13.7. The van der Waals surface area contributed by atoms with Crippen molar-refractivity contribution >= 4 is 22.5 Å². The Hall–Kier alpha value is -1.97. The maximum atomic E-state index is 13.1. The van der Waals surface area contributed by atoms with E-state index in [1.807, 2.05) is 37.3 Å². The number of aryl methyl sites for hydroxylation is 1. The van der Waals surface area contributed by atoms with Crippen LogP contribution in [-0.4, -0.2) is 4.98 Å². The van der Waals surface area contributed by atoms with E-state index in [4.69, 9.17) is 17.3 Å². The zero-order valence-corrected chi connectivity index (χ0v) is 12.2. The topological polar surface area (TPSA) is 38.9 Å². The van der Waals surface area contributed by atoms with Crippen LogP contribution in [0.3, 0.4) is 0 Å². The predicted molar refractivity (Wildman–Crippen MR) is 83.9 cm³/mol. The lowest BCUT2D eigenvalue weighted by Gasteiger charge is -2.15. The molecule has 0 fully saturated rings. The third kappa shape index (κ3) is 2.75. The quantitative estimate of drug-likeness (QED) is 0.762. The summed E-state index contributed by atoms with van der Waals surface area (Å²) in [6.07, 6.45) is 0. The lowest BCUT2D eigenvalue weighted by atomic mass is 9.98. The first kappa shape index (κ1) is 14.0. The zero-order valence-electron chi connectivity index (χ0n) is 11.5. The molecule has 3 aromatic rings. The second kappa shape index (κ2) is 5.43. The minimum absolute atomic E-state index is 0.338. The Balaban J connectivity index is 2.04. The van der Waals surface area contributed by atoms with Crippen molar-refractivity contribution in [2.45, 2.75) is 13.0 Å². The number of pyridine rings is 1. The average Bonchev–Trinajstić information content (AvgIpc) is 2.46. The summed E-state index contributed by atoms with van der Waals surface area (Å²) < 4.78 is 13.1. The molecule has 1 aromatic heterocycles. The van der Waals surface area contributed by atoms with Gasteiger partial charge in [0.1, 0.15) is 5.82 Å². The highest BCUT2D eigenvalue weighted by Crippen LogP contribution is 2.28. The first-order valence-corrected chi connectivity index (χ1v) is 7.00. The van der Waals surface area contributed by atoms with Gasteiger partial charge in [-0.1, -0.05) is 29.8 Å². The van der Waals surface area contributed by atoms with E-state index >= 15 is 0 Å². The van der Waals surface area contributed by atoms with E-state index in [2.05, 4.69) is 4.98 Å². The van der Waals surface area contributed by atoms with Crippen molar-refractivity contribution in [2.75, 3.05) is 0 Å². The summed E-state index contributed by atoms with van der Waals surface area (Å²) in [5.74, 6) is -0.367. The number of halogens is 2. The summed E-state index contributed by atoms with van der Waals surface area (Å²) in [5, 5.41) is 1.36. The van der Waals surface area contributed by atoms with E-state index in [0.29, 0.717) is 10.6 Å². The fraction of sp³-hybridized carbons (Fsp3) is 0.118. The Kier molecular flexibility index (Phi) is 3.62. The standard InChI is InChI=1S/C17H14ClFN2/c1-10-2-3-11-8-12(4-7-16(11)21-10)17(20)14-6-5-13(19)9-15(14)18/h2-9,17H,20H2,1H3. The third-order valence-corrected chi connectivity index (χ3v) is 3.84. The molecule has 2 N–H and O–H groups in total. The first-order valence-electron chi connectivity index (χ1n) is 6.62.